The highest BCUT2D eigenvalue weighted by atomic mass is 16.5. The number of amides is 1. The lowest BCUT2D eigenvalue weighted by Gasteiger charge is -2.15. The van der Waals surface area contributed by atoms with Crippen LogP contribution in [0.4, 0.5) is 4.79 Å². The van der Waals surface area contributed by atoms with Gasteiger partial charge in [0.15, 0.2) is 0 Å². The van der Waals surface area contributed by atoms with E-state index in [1.165, 1.54) is 22.3 Å². The van der Waals surface area contributed by atoms with Gasteiger partial charge in [0.2, 0.25) is 0 Å². The standard InChI is InChI=1S/C18H18NO2/c1-12(2)19-18(20)21-11-17-15-9-5-3-7-13(15)14-8-4-6-10-16(14)17/h3-10,17H,11H2,1-2H3,(H,19,20). The number of hydrogen-bond acceptors (Lipinski definition) is 2. The van der Waals surface area contributed by atoms with E-state index in [0.717, 1.165) is 6.04 Å². The number of ether oxygens (including phenoxy) is 1. The molecule has 2 aromatic rings. The van der Waals surface area contributed by atoms with Crippen LogP contribution in [-0.2, 0) is 4.74 Å². The highest BCUT2D eigenvalue weighted by molar-refractivity contribution is 5.79. The van der Waals surface area contributed by atoms with Gasteiger partial charge in [0, 0.05) is 5.92 Å². The van der Waals surface area contributed by atoms with Gasteiger partial charge in [0.25, 0.3) is 0 Å². The van der Waals surface area contributed by atoms with Gasteiger partial charge in [0.05, 0.1) is 6.04 Å². The maximum absolute atomic E-state index is 11.7. The molecule has 0 fully saturated rings. The molecule has 0 heterocycles. The highest BCUT2D eigenvalue weighted by Gasteiger charge is 2.28. The molecule has 0 bridgehead atoms. The molecule has 1 aliphatic carbocycles. The van der Waals surface area contributed by atoms with Crippen LogP contribution in [0.15, 0.2) is 48.5 Å². The molecule has 0 saturated heterocycles. The molecule has 3 nitrogen and oxygen atoms in total. The van der Waals surface area contributed by atoms with Crippen LogP contribution >= 0.6 is 0 Å². The van der Waals surface area contributed by atoms with E-state index < -0.39 is 6.09 Å². The molecule has 1 aliphatic rings. The quantitative estimate of drug-likeness (QED) is 0.919. The first-order chi connectivity index (χ1) is 10.2. The molecule has 3 rings (SSSR count). The summed E-state index contributed by atoms with van der Waals surface area (Å²) in [6.07, 6.45) is -0.392. The molecule has 1 N–H and O–H groups in total. The highest BCUT2D eigenvalue weighted by Crippen LogP contribution is 2.44. The summed E-state index contributed by atoms with van der Waals surface area (Å²) < 4.78 is 5.38. The number of hydrogen-bond donors (Lipinski definition) is 1. The molecule has 1 amide bonds. The summed E-state index contributed by atoms with van der Waals surface area (Å²) in [7, 11) is 0. The summed E-state index contributed by atoms with van der Waals surface area (Å²) in [5, 5.41) is 2.67. The first-order valence-electron chi connectivity index (χ1n) is 7.09. The predicted octanol–water partition coefficient (Wildman–Crippen LogP) is 4.10. The van der Waals surface area contributed by atoms with Gasteiger partial charge >= 0.3 is 6.09 Å². The zero-order chi connectivity index (χ0) is 14.8. The first-order valence-corrected chi connectivity index (χ1v) is 7.09. The third kappa shape index (κ3) is 2.64. The molecule has 1 radical (unpaired) electrons. The summed E-state index contributed by atoms with van der Waals surface area (Å²) in [5.41, 5.74) is 4.92. The molecule has 0 saturated carbocycles. The van der Waals surface area contributed by atoms with Crippen molar-refractivity contribution in [1.29, 1.82) is 0 Å². The van der Waals surface area contributed by atoms with Crippen molar-refractivity contribution in [3.63, 3.8) is 0 Å². The summed E-state index contributed by atoms with van der Waals surface area (Å²) >= 11 is 0. The lowest BCUT2D eigenvalue weighted by atomic mass is 9.98. The van der Waals surface area contributed by atoms with Gasteiger partial charge in [-0.3, -0.25) is 0 Å². The number of carbonyl (C=O) groups excluding carboxylic acids is 1. The minimum absolute atomic E-state index is 0.111. The summed E-state index contributed by atoms with van der Waals surface area (Å²) in [6.45, 7) is 4.02. The monoisotopic (exact) mass is 280 g/mol. The largest absolute Gasteiger partial charge is 0.449 e. The number of nitrogens with one attached hydrogen (secondary N) is 1. The molecule has 0 aromatic heterocycles. The van der Waals surface area contributed by atoms with Gasteiger partial charge in [-0.1, -0.05) is 48.5 Å². The van der Waals surface area contributed by atoms with Crippen molar-refractivity contribution in [2.45, 2.75) is 19.8 Å². The van der Waals surface area contributed by atoms with Crippen LogP contribution < -0.4 is 5.32 Å². The van der Waals surface area contributed by atoms with Gasteiger partial charge in [-0.2, -0.15) is 0 Å². The molecular weight excluding hydrogens is 262 g/mol. The molecular formula is C18H18NO2. The fourth-order valence-corrected chi connectivity index (χ4v) is 2.84. The van der Waals surface area contributed by atoms with Crippen molar-refractivity contribution in [3.05, 3.63) is 65.7 Å². The van der Waals surface area contributed by atoms with E-state index in [0.29, 0.717) is 6.61 Å². The summed E-state index contributed by atoms with van der Waals surface area (Å²) in [4.78, 5) is 11.7. The minimum Gasteiger partial charge on any atom is -0.449 e. The van der Waals surface area contributed by atoms with Crippen LogP contribution in [0.5, 0.6) is 0 Å². The Balaban J connectivity index is 1.84. The summed E-state index contributed by atoms with van der Waals surface area (Å²) in [5.74, 6) is 0.111. The molecule has 3 heteroatoms. The van der Waals surface area contributed by atoms with Crippen LogP contribution in [0.1, 0.15) is 30.9 Å². The van der Waals surface area contributed by atoms with E-state index in [9.17, 15) is 4.79 Å². The Labute approximate surface area is 124 Å². The van der Waals surface area contributed by atoms with Crippen molar-refractivity contribution in [3.8, 4) is 11.1 Å². The Morgan fingerprint density at radius 1 is 1.00 bits per heavy atom. The summed E-state index contributed by atoms with van der Waals surface area (Å²) in [6, 6.07) is 17.4. The third-order valence-electron chi connectivity index (χ3n) is 3.70. The molecule has 0 aliphatic heterocycles. The Morgan fingerprint density at radius 2 is 1.52 bits per heavy atom. The number of rotatable bonds is 3. The van der Waals surface area contributed by atoms with Crippen molar-refractivity contribution in [2.75, 3.05) is 6.61 Å². The average molecular weight is 280 g/mol. The predicted molar refractivity (Wildman–Crippen MR) is 82.8 cm³/mol. The normalized spacial score (nSPS) is 12.9. The zero-order valence-corrected chi connectivity index (χ0v) is 12.2. The molecule has 0 atom stereocenters. The topological polar surface area (TPSA) is 38.3 Å². The lowest BCUT2D eigenvalue weighted by molar-refractivity contribution is 0.144. The number of benzene rings is 2. The number of alkyl carbamates (subject to hydrolysis) is 1. The fourth-order valence-electron chi connectivity index (χ4n) is 2.84. The Kier molecular flexibility index (Phi) is 3.65. The van der Waals surface area contributed by atoms with Crippen molar-refractivity contribution < 1.29 is 9.53 Å². The van der Waals surface area contributed by atoms with E-state index in [-0.39, 0.29) is 5.92 Å². The SMILES string of the molecule is C[C](C)NC(=O)OCC1c2ccccc2-c2ccccc21. The van der Waals surface area contributed by atoms with Crippen molar-refractivity contribution >= 4 is 6.09 Å². The van der Waals surface area contributed by atoms with E-state index in [1.54, 1.807) is 0 Å². The van der Waals surface area contributed by atoms with E-state index in [1.807, 2.05) is 38.1 Å². The van der Waals surface area contributed by atoms with Crippen molar-refractivity contribution in [1.82, 2.24) is 5.32 Å². The minimum atomic E-state index is -0.392. The van der Waals surface area contributed by atoms with E-state index >= 15 is 0 Å². The van der Waals surface area contributed by atoms with Gasteiger partial charge in [-0.05, 0) is 36.1 Å². The Hall–Kier alpha value is -2.29. The van der Waals surface area contributed by atoms with E-state index in [2.05, 4.69) is 29.6 Å². The van der Waals surface area contributed by atoms with Gasteiger partial charge in [0.1, 0.15) is 6.61 Å². The second-order valence-corrected chi connectivity index (χ2v) is 5.45. The Morgan fingerprint density at radius 3 is 2.05 bits per heavy atom. The maximum Gasteiger partial charge on any atom is 0.407 e. The second kappa shape index (κ2) is 5.60. The van der Waals surface area contributed by atoms with Crippen LogP contribution in [0.3, 0.4) is 0 Å². The van der Waals surface area contributed by atoms with Crippen molar-refractivity contribution in [2.24, 2.45) is 0 Å². The molecule has 0 unspecified atom stereocenters. The van der Waals surface area contributed by atoms with Crippen LogP contribution in [-0.4, -0.2) is 12.7 Å². The van der Waals surface area contributed by atoms with Crippen LogP contribution in [0, 0.1) is 6.04 Å². The van der Waals surface area contributed by atoms with Crippen LogP contribution in [0.2, 0.25) is 0 Å². The average Bonchev–Trinajstić information content (AvgIpc) is 2.79. The van der Waals surface area contributed by atoms with Gasteiger partial charge < -0.3 is 10.1 Å². The van der Waals surface area contributed by atoms with E-state index in [4.69, 9.17) is 4.74 Å². The van der Waals surface area contributed by atoms with Crippen LogP contribution in [0.25, 0.3) is 11.1 Å². The second-order valence-electron chi connectivity index (χ2n) is 5.45. The number of carbonyl (C=O) groups is 1. The van der Waals surface area contributed by atoms with Gasteiger partial charge in [-0.15, -0.1) is 0 Å². The van der Waals surface area contributed by atoms with Gasteiger partial charge in [-0.25, -0.2) is 4.79 Å². The lowest BCUT2D eigenvalue weighted by Crippen LogP contribution is -2.27. The molecule has 107 valence electrons. The number of fused-ring (bicyclic) bond motifs is 3. The maximum atomic E-state index is 11.7. The molecule has 0 spiro atoms. The first kappa shape index (κ1) is 13.7. The third-order valence-corrected chi connectivity index (χ3v) is 3.70. The fraction of sp³-hybridized carbons (Fsp3) is 0.222. The smallest absolute Gasteiger partial charge is 0.407 e. The zero-order valence-electron chi connectivity index (χ0n) is 12.2. The Bertz CT molecular complexity index is 618. The molecule has 2 aromatic carbocycles. The molecule has 21 heavy (non-hydrogen) atoms.